The summed E-state index contributed by atoms with van der Waals surface area (Å²) < 4.78 is 45.1. The van der Waals surface area contributed by atoms with Crippen molar-refractivity contribution < 1.29 is 27.4 Å². The molecule has 28 heavy (non-hydrogen) atoms. The van der Waals surface area contributed by atoms with Crippen molar-refractivity contribution in [2.24, 2.45) is 5.92 Å². The number of sulfonamides is 1. The van der Waals surface area contributed by atoms with Gasteiger partial charge in [-0.05, 0) is 31.9 Å². The molecule has 1 aromatic carbocycles. The molecule has 9 heteroatoms. The van der Waals surface area contributed by atoms with Gasteiger partial charge < -0.3 is 19.1 Å². The van der Waals surface area contributed by atoms with Gasteiger partial charge in [-0.25, -0.2) is 8.42 Å². The second kappa shape index (κ2) is 8.26. The Balaban J connectivity index is 1.80. The molecule has 0 aromatic heterocycles. The molecule has 156 valence electrons. The molecule has 1 N–H and O–H groups in total. The Labute approximate surface area is 166 Å². The van der Waals surface area contributed by atoms with Gasteiger partial charge in [-0.15, -0.1) is 0 Å². The summed E-state index contributed by atoms with van der Waals surface area (Å²) in [5.74, 6) is 0.446. The minimum atomic E-state index is -3.91. The normalized spacial score (nSPS) is 23.5. The molecule has 0 unspecified atom stereocenters. The number of hydrogen-bond donors (Lipinski definition) is 1. The van der Waals surface area contributed by atoms with Gasteiger partial charge >= 0.3 is 0 Å². The number of rotatable bonds is 5. The lowest BCUT2D eigenvalue weighted by atomic mass is 10.0. The Kier molecular flexibility index (Phi) is 6.16. The number of morpholine rings is 1. The lowest BCUT2D eigenvalue weighted by Crippen LogP contribution is -2.56. The van der Waals surface area contributed by atoms with Crippen LogP contribution in [0.25, 0.3) is 0 Å². The highest BCUT2D eigenvalue weighted by Gasteiger charge is 2.35. The second-order valence-corrected chi connectivity index (χ2v) is 9.36. The SMILES string of the molecule is CC(C)[C@@H](NS(=O)(=O)c1ccc2c(c1)OCCO2)C(=O)N1C[C@@H](C)O[C@H](C)C1. The van der Waals surface area contributed by atoms with Crippen molar-refractivity contribution in [3.8, 4) is 11.5 Å². The summed E-state index contributed by atoms with van der Waals surface area (Å²) in [6.07, 6.45) is -0.176. The van der Waals surface area contributed by atoms with Crippen LogP contribution in [0.1, 0.15) is 27.7 Å². The molecule has 0 saturated carbocycles. The van der Waals surface area contributed by atoms with Gasteiger partial charge in [-0.1, -0.05) is 13.8 Å². The van der Waals surface area contributed by atoms with Crippen molar-refractivity contribution in [2.45, 2.75) is 50.8 Å². The topological polar surface area (TPSA) is 94.2 Å². The van der Waals surface area contributed by atoms with Crippen molar-refractivity contribution in [2.75, 3.05) is 26.3 Å². The predicted octanol–water partition coefficient (Wildman–Crippen LogP) is 1.40. The molecule has 0 aliphatic carbocycles. The van der Waals surface area contributed by atoms with E-state index >= 15 is 0 Å². The fourth-order valence-electron chi connectivity index (χ4n) is 3.45. The molecule has 2 aliphatic heterocycles. The Hall–Kier alpha value is -1.84. The monoisotopic (exact) mass is 412 g/mol. The van der Waals surface area contributed by atoms with E-state index in [0.717, 1.165) is 0 Å². The molecule has 3 atom stereocenters. The van der Waals surface area contributed by atoms with Crippen molar-refractivity contribution in [3.63, 3.8) is 0 Å². The van der Waals surface area contributed by atoms with Gasteiger partial charge in [0.2, 0.25) is 15.9 Å². The van der Waals surface area contributed by atoms with Crippen LogP contribution in [0, 0.1) is 5.92 Å². The van der Waals surface area contributed by atoms with Gasteiger partial charge in [0.15, 0.2) is 11.5 Å². The molecular formula is C19H28N2O6S. The van der Waals surface area contributed by atoms with Crippen LogP contribution in [0.2, 0.25) is 0 Å². The number of nitrogens with zero attached hydrogens (tertiary/aromatic N) is 1. The van der Waals surface area contributed by atoms with Gasteiger partial charge in [-0.3, -0.25) is 4.79 Å². The highest BCUT2D eigenvalue weighted by atomic mass is 32.2. The number of fused-ring (bicyclic) bond motifs is 1. The molecule has 2 aliphatic rings. The van der Waals surface area contributed by atoms with Crippen LogP contribution in [0.4, 0.5) is 0 Å². The number of hydrogen-bond acceptors (Lipinski definition) is 6. The molecule has 1 amide bonds. The zero-order valence-corrected chi connectivity index (χ0v) is 17.5. The van der Waals surface area contributed by atoms with Crippen molar-refractivity contribution >= 4 is 15.9 Å². The minimum absolute atomic E-state index is 0.0407. The summed E-state index contributed by atoms with van der Waals surface area (Å²) >= 11 is 0. The fourth-order valence-corrected chi connectivity index (χ4v) is 4.80. The van der Waals surface area contributed by atoms with E-state index in [1.165, 1.54) is 12.1 Å². The molecule has 2 heterocycles. The number of nitrogens with one attached hydrogen (secondary N) is 1. The van der Waals surface area contributed by atoms with E-state index in [-0.39, 0.29) is 28.9 Å². The van der Waals surface area contributed by atoms with Gasteiger partial charge in [0, 0.05) is 19.2 Å². The summed E-state index contributed by atoms with van der Waals surface area (Å²) in [5.41, 5.74) is 0. The Morgan fingerprint density at radius 2 is 1.71 bits per heavy atom. The average Bonchev–Trinajstić information content (AvgIpc) is 2.64. The first-order valence-electron chi connectivity index (χ1n) is 9.53. The molecule has 0 radical (unpaired) electrons. The second-order valence-electron chi connectivity index (χ2n) is 7.65. The third-order valence-electron chi connectivity index (χ3n) is 4.77. The highest BCUT2D eigenvalue weighted by molar-refractivity contribution is 7.89. The van der Waals surface area contributed by atoms with Crippen LogP contribution in [-0.4, -0.2) is 63.8 Å². The molecule has 8 nitrogen and oxygen atoms in total. The van der Waals surface area contributed by atoms with E-state index in [9.17, 15) is 13.2 Å². The number of benzene rings is 1. The maximum atomic E-state index is 13.1. The summed E-state index contributed by atoms with van der Waals surface area (Å²) in [6, 6.07) is 3.59. The molecule has 1 saturated heterocycles. The van der Waals surface area contributed by atoms with Crippen molar-refractivity contribution in [1.82, 2.24) is 9.62 Å². The maximum absolute atomic E-state index is 13.1. The maximum Gasteiger partial charge on any atom is 0.241 e. The van der Waals surface area contributed by atoms with Gasteiger partial charge in [0.1, 0.15) is 19.3 Å². The quantitative estimate of drug-likeness (QED) is 0.786. The molecule has 1 fully saturated rings. The lowest BCUT2D eigenvalue weighted by Gasteiger charge is -2.38. The average molecular weight is 413 g/mol. The van der Waals surface area contributed by atoms with E-state index in [4.69, 9.17) is 14.2 Å². The van der Waals surface area contributed by atoms with Gasteiger partial charge in [0.05, 0.1) is 17.1 Å². The number of amides is 1. The summed E-state index contributed by atoms with van der Waals surface area (Å²) in [6.45, 7) is 9.13. The molecule has 3 rings (SSSR count). The zero-order valence-electron chi connectivity index (χ0n) is 16.7. The van der Waals surface area contributed by atoms with E-state index in [2.05, 4.69) is 4.72 Å². The van der Waals surface area contributed by atoms with Crippen molar-refractivity contribution in [1.29, 1.82) is 0 Å². The molecule has 0 spiro atoms. The van der Waals surface area contributed by atoms with Crippen LogP contribution >= 0.6 is 0 Å². The molecular weight excluding hydrogens is 384 g/mol. The van der Waals surface area contributed by atoms with Crippen LogP contribution < -0.4 is 14.2 Å². The number of ether oxygens (including phenoxy) is 3. The van der Waals surface area contributed by atoms with E-state index in [0.29, 0.717) is 37.8 Å². The van der Waals surface area contributed by atoms with Gasteiger partial charge in [-0.2, -0.15) is 4.72 Å². The van der Waals surface area contributed by atoms with E-state index in [1.807, 2.05) is 27.7 Å². The van der Waals surface area contributed by atoms with Crippen LogP contribution in [-0.2, 0) is 19.6 Å². The summed E-state index contributed by atoms with van der Waals surface area (Å²) in [5, 5.41) is 0. The third-order valence-corrected chi connectivity index (χ3v) is 6.21. The van der Waals surface area contributed by atoms with E-state index < -0.39 is 16.1 Å². The summed E-state index contributed by atoms with van der Waals surface area (Å²) in [7, 11) is -3.91. The summed E-state index contributed by atoms with van der Waals surface area (Å²) in [4.78, 5) is 14.8. The fraction of sp³-hybridized carbons (Fsp3) is 0.632. The Bertz CT molecular complexity index is 816. The van der Waals surface area contributed by atoms with Gasteiger partial charge in [0.25, 0.3) is 0 Å². The third kappa shape index (κ3) is 4.59. The molecule has 1 aromatic rings. The first-order chi connectivity index (χ1) is 13.2. The first-order valence-corrected chi connectivity index (χ1v) is 11.0. The minimum Gasteiger partial charge on any atom is -0.486 e. The predicted molar refractivity (Wildman–Crippen MR) is 103 cm³/mol. The largest absolute Gasteiger partial charge is 0.486 e. The zero-order chi connectivity index (χ0) is 20.5. The molecule has 0 bridgehead atoms. The number of carbonyl (C=O) groups is 1. The Morgan fingerprint density at radius 1 is 1.11 bits per heavy atom. The van der Waals surface area contributed by atoms with Crippen LogP contribution in [0.5, 0.6) is 11.5 Å². The smallest absolute Gasteiger partial charge is 0.241 e. The highest BCUT2D eigenvalue weighted by Crippen LogP contribution is 2.32. The van der Waals surface area contributed by atoms with Crippen molar-refractivity contribution in [3.05, 3.63) is 18.2 Å². The Morgan fingerprint density at radius 3 is 2.32 bits per heavy atom. The van der Waals surface area contributed by atoms with Crippen LogP contribution in [0.3, 0.4) is 0 Å². The standard InChI is InChI=1S/C19H28N2O6S/c1-12(2)18(19(22)21-10-13(3)27-14(4)11-21)20-28(23,24)15-5-6-16-17(9-15)26-8-7-25-16/h5-6,9,12-14,18,20H,7-8,10-11H2,1-4H3/t13-,14-,18-/m1/s1. The first kappa shape index (κ1) is 20.9. The number of carbonyl (C=O) groups excluding carboxylic acids is 1. The van der Waals surface area contributed by atoms with Crippen LogP contribution in [0.15, 0.2) is 23.1 Å². The van der Waals surface area contributed by atoms with E-state index in [1.54, 1.807) is 11.0 Å². The lowest BCUT2D eigenvalue weighted by molar-refractivity contribution is -0.145.